The van der Waals surface area contributed by atoms with Gasteiger partial charge in [-0.05, 0) is 36.8 Å². The summed E-state index contributed by atoms with van der Waals surface area (Å²) in [6.07, 6.45) is 0. The molecule has 0 saturated heterocycles. The van der Waals surface area contributed by atoms with Crippen LogP contribution in [-0.4, -0.2) is 30.0 Å². The van der Waals surface area contributed by atoms with E-state index in [-0.39, 0.29) is 23.0 Å². The highest BCUT2D eigenvalue weighted by Gasteiger charge is 2.34. The fraction of sp³-hybridized carbons (Fsp3) is 0.190. The number of rotatable bonds is 4. The van der Waals surface area contributed by atoms with Gasteiger partial charge >= 0.3 is 11.8 Å². The first-order valence-corrected chi connectivity index (χ1v) is 11.3. The van der Waals surface area contributed by atoms with Crippen molar-refractivity contribution in [1.29, 1.82) is 0 Å². The number of carbonyl (C=O) groups excluding carboxylic acids is 2. The molecule has 1 aliphatic rings. The highest BCUT2D eigenvalue weighted by molar-refractivity contribution is 7.90. The fourth-order valence-electron chi connectivity index (χ4n) is 3.39. The Bertz CT molecular complexity index is 1250. The first kappa shape index (κ1) is 20.7. The van der Waals surface area contributed by atoms with E-state index in [1.807, 2.05) is 30.3 Å². The molecular formula is C21H19FN4O4S. The fourth-order valence-corrected chi connectivity index (χ4v) is 4.89. The molecule has 2 aromatic carbocycles. The van der Waals surface area contributed by atoms with Gasteiger partial charge in [0.25, 0.3) is 0 Å². The maximum atomic E-state index is 13.3. The van der Waals surface area contributed by atoms with E-state index in [1.54, 1.807) is 6.92 Å². The molecule has 3 aromatic rings. The number of amides is 2. The highest BCUT2D eigenvalue weighted by Crippen LogP contribution is 2.33. The van der Waals surface area contributed by atoms with Crippen LogP contribution in [0.3, 0.4) is 0 Å². The van der Waals surface area contributed by atoms with Gasteiger partial charge in [0.2, 0.25) is 0 Å². The number of aromatic nitrogens is 2. The minimum atomic E-state index is -3.39. The highest BCUT2D eigenvalue weighted by atomic mass is 32.2. The van der Waals surface area contributed by atoms with Gasteiger partial charge in [0, 0.05) is 5.56 Å². The van der Waals surface area contributed by atoms with Crippen LogP contribution in [0.2, 0.25) is 0 Å². The van der Waals surface area contributed by atoms with Crippen molar-refractivity contribution >= 4 is 27.5 Å². The van der Waals surface area contributed by atoms with Gasteiger partial charge in [0.15, 0.2) is 9.84 Å². The van der Waals surface area contributed by atoms with Gasteiger partial charge < -0.3 is 10.6 Å². The summed E-state index contributed by atoms with van der Waals surface area (Å²) in [6, 6.07) is 14.1. The average molecular weight is 442 g/mol. The summed E-state index contributed by atoms with van der Waals surface area (Å²) >= 11 is 0. The van der Waals surface area contributed by atoms with Gasteiger partial charge in [-0.25, -0.2) is 17.5 Å². The lowest BCUT2D eigenvalue weighted by atomic mass is 10.1. The molecule has 2 amide bonds. The van der Waals surface area contributed by atoms with Crippen molar-refractivity contribution in [3.05, 3.63) is 77.2 Å². The second kappa shape index (κ2) is 7.95. The lowest BCUT2D eigenvalue weighted by molar-refractivity contribution is -0.136. The van der Waals surface area contributed by atoms with Crippen LogP contribution in [0.4, 0.5) is 10.2 Å². The van der Waals surface area contributed by atoms with E-state index < -0.39 is 33.5 Å². The van der Waals surface area contributed by atoms with Crippen molar-refractivity contribution in [2.24, 2.45) is 0 Å². The Balaban J connectivity index is 1.60. The van der Waals surface area contributed by atoms with E-state index in [0.717, 1.165) is 5.56 Å². The van der Waals surface area contributed by atoms with E-state index in [2.05, 4.69) is 15.7 Å². The van der Waals surface area contributed by atoms with Crippen LogP contribution in [0.25, 0.3) is 5.69 Å². The normalized spacial score (nSPS) is 15.2. The molecule has 0 unspecified atom stereocenters. The molecule has 1 aromatic heterocycles. The number of hydrogen-bond donors (Lipinski definition) is 2. The Hall–Kier alpha value is -3.53. The minimum Gasteiger partial charge on any atom is -0.341 e. The van der Waals surface area contributed by atoms with Gasteiger partial charge in [-0.15, -0.1) is 0 Å². The monoisotopic (exact) mass is 442 g/mol. The molecule has 0 bridgehead atoms. The third kappa shape index (κ3) is 4.33. The molecule has 0 fully saturated rings. The molecule has 10 heteroatoms. The first-order valence-electron chi connectivity index (χ1n) is 9.47. The Morgan fingerprint density at radius 1 is 1.03 bits per heavy atom. The third-order valence-corrected chi connectivity index (χ3v) is 6.39. The Kier molecular flexibility index (Phi) is 5.32. The zero-order valence-corrected chi connectivity index (χ0v) is 17.3. The van der Waals surface area contributed by atoms with Gasteiger partial charge in [-0.3, -0.25) is 9.59 Å². The zero-order valence-electron chi connectivity index (χ0n) is 16.5. The van der Waals surface area contributed by atoms with Gasteiger partial charge in [-0.1, -0.05) is 30.3 Å². The topological polar surface area (TPSA) is 110 Å². The summed E-state index contributed by atoms with van der Waals surface area (Å²) in [5.41, 5.74) is 1.85. The van der Waals surface area contributed by atoms with Crippen molar-refractivity contribution < 1.29 is 22.4 Å². The quantitative estimate of drug-likeness (QED) is 0.603. The maximum Gasteiger partial charge on any atom is 0.314 e. The summed E-state index contributed by atoms with van der Waals surface area (Å²) in [7, 11) is -3.39. The maximum absolute atomic E-state index is 13.3. The third-order valence-electron chi connectivity index (χ3n) is 4.94. The van der Waals surface area contributed by atoms with Gasteiger partial charge in [0.1, 0.15) is 11.6 Å². The van der Waals surface area contributed by atoms with Crippen LogP contribution in [0, 0.1) is 5.82 Å². The molecule has 8 nitrogen and oxygen atoms in total. The largest absolute Gasteiger partial charge is 0.341 e. The molecule has 1 aliphatic heterocycles. The van der Waals surface area contributed by atoms with Crippen molar-refractivity contribution in [2.75, 3.05) is 5.32 Å². The van der Waals surface area contributed by atoms with Crippen LogP contribution in [-0.2, 0) is 30.9 Å². The summed E-state index contributed by atoms with van der Waals surface area (Å²) in [4.78, 5) is 25.1. The zero-order chi connectivity index (χ0) is 22.2. The number of carbonyl (C=O) groups is 2. The molecule has 0 radical (unpaired) electrons. The van der Waals surface area contributed by atoms with Gasteiger partial charge in [-0.2, -0.15) is 5.10 Å². The minimum absolute atomic E-state index is 0.0789. The Morgan fingerprint density at radius 2 is 1.71 bits per heavy atom. The van der Waals surface area contributed by atoms with Gasteiger partial charge in [0.05, 0.1) is 28.9 Å². The Labute approximate surface area is 178 Å². The summed E-state index contributed by atoms with van der Waals surface area (Å²) in [6.45, 7) is 1.74. The predicted molar refractivity (Wildman–Crippen MR) is 111 cm³/mol. The van der Waals surface area contributed by atoms with Crippen molar-refractivity contribution in [3.8, 4) is 5.69 Å². The average Bonchev–Trinajstić information content (AvgIpc) is 3.21. The van der Waals surface area contributed by atoms with Crippen LogP contribution in [0.1, 0.15) is 29.8 Å². The number of nitrogens with zero attached hydrogens (tertiary/aromatic N) is 2. The van der Waals surface area contributed by atoms with E-state index in [1.165, 1.54) is 28.9 Å². The number of fused-ring (bicyclic) bond motifs is 1. The van der Waals surface area contributed by atoms with E-state index >= 15 is 0 Å². The van der Waals surface area contributed by atoms with Crippen LogP contribution < -0.4 is 10.6 Å². The molecule has 1 atom stereocenters. The summed E-state index contributed by atoms with van der Waals surface area (Å²) in [5.74, 6) is -2.78. The predicted octanol–water partition coefficient (Wildman–Crippen LogP) is 2.26. The molecule has 0 aliphatic carbocycles. The molecule has 31 heavy (non-hydrogen) atoms. The lowest BCUT2D eigenvalue weighted by Gasteiger charge is -2.15. The van der Waals surface area contributed by atoms with E-state index in [9.17, 15) is 22.4 Å². The number of anilines is 1. The van der Waals surface area contributed by atoms with E-state index in [4.69, 9.17) is 0 Å². The molecule has 2 heterocycles. The number of hydrogen-bond acceptors (Lipinski definition) is 5. The van der Waals surface area contributed by atoms with E-state index in [0.29, 0.717) is 11.3 Å². The molecule has 0 saturated carbocycles. The molecule has 2 N–H and O–H groups in total. The van der Waals surface area contributed by atoms with Crippen molar-refractivity contribution in [2.45, 2.75) is 24.5 Å². The molecular weight excluding hydrogens is 423 g/mol. The number of halogens is 1. The van der Waals surface area contributed by atoms with Crippen molar-refractivity contribution in [1.82, 2.24) is 15.1 Å². The number of benzene rings is 2. The second-order valence-electron chi connectivity index (χ2n) is 7.25. The number of nitrogens with one attached hydrogen (secondary N) is 2. The summed E-state index contributed by atoms with van der Waals surface area (Å²) < 4.78 is 38.7. The Morgan fingerprint density at radius 3 is 2.39 bits per heavy atom. The van der Waals surface area contributed by atoms with Crippen LogP contribution in [0.15, 0.2) is 54.6 Å². The molecule has 4 rings (SSSR count). The van der Waals surface area contributed by atoms with Crippen LogP contribution in [0.5, 0.6) is 0 Å². The smallest absolute Gasteiger partial charge is 0.314 e. The lowest BCUT2D eigenvalue weighted by Crippen LogP contribution is -2.37. The summed E-state index contributed by atoms with van der Waals surface area (Å²) in [5, 5.41) is 9.38. The SMILES string of the molecule is C[C@@H](NC(=O)C(=O)Nc1c2c(nn1-c1ccc(F)cc1)CS(=O)(=O)C2)c1ccccc1. The molecule has 160 valence electrons. The number of sulfone groups is 1. The molecule has 0 spiro atoms. The van der Waals surface area contributed by atoms with Crippen LogP contribution >= 0.6 is 0 Å². The standard InChI is InChI=1S/C21H19FN4O4S/c1-13(14-5-3-2-4-6-14)23-20(27)21(28)24-19-17-11-31(29,30)12-18(17)25-26(19)16-9-7-15(22)8-10-16/h2-10,13H,11-12H2,1H3,(H,23,27)(H,24,28)/t13-/m1/s1. The first-order chi connectivity index (χ1) is 14.7. The second-order valence-corrected chi connectivity index (χ2v) is 9.32. The van der Waals surface area contributed by atoms with Crippen molar-refractivity contribution in [3.63, 3.8) is 0 Å².